The Labute approximate surface area is 193 Å². The van der Waals surface area contributed by atoms with Gasteiger partial charge in [-0.05, 0) is 49.6 Å². The number of nitrogens with one attached hydrogen (secondary N) is 1. The van der Waals surface area contributed by atoms with Gasteiger partial charge in [-0.2, -0.15) is 0 Å². The summed E-state index contributed by atoms with van der Waals surface area (Å²) >= 11 is 1.63. The minimum Gasteiger partial charge on any atom is -0.497 e. The van der Waals surface area contributed by atoms with Crippen molar-refractivity contribution in [3.8, 4) is 5.75 Å². The fourth-order valence-corrected chi connectivity index (χ4v) is 4.83. The summed E-state index contributed by atoms with van der Waals surface area (Å²) in [7, 11) is 1.65. The molecule has 0 aliphatic carbocycles. The topological polar surface area (TPSA) is 67.3 Å². The highest BCUT2D eigenvalue weighted by molar-refractivity contribution is 7.99. The summed E-state index contributed by atoms with van der Waals surface area (Å²) in [6.07, 6.45) is 5.09. The lowest BCUT2D eigenvalue weighted by molar-refractivity contribution is -0.125. The molecule has 1 aliphatic rings. The number of hydrogen-bond donors (Lipinski definition) is 1. The van der Waals surface area contributed by atoms with Gasteiger partial charge in [-0.1, -0.05) is 41.6 Å². The van der Waals surface area contributed by atoms with Crippen LogP contribution in [0, 0.1) is 12.8 Å². The first-order valence-electron chi connectivity index (χ1n) is 10.8. The van der Waals surface area contributed by atoms with Gasteiger partial charge in [0.2, 0.25) is 5.91 Å². The average molecular weight is 449 g/mol. The first kappa shape index (κ1) is 22.1. The summed E-state index contributed by atoms with van der Waals surface area (Å²) in [6.45, 7) is 4.21. The molecule has 0 unspecified atom stereocenters. The molecule has 1 N–H and O–H groups in total. The van der Waals surface area contributed by atoms with Gasteiger partial charge in [0.05, 0.1) is 7.11 Å². The molecule has 166 valence electrons. The minimum atomic E-state index is 0.0223. The molecule has 7 heteroatoms. The number of carbonyl (C=O) groups is 1. The molecule has 0 radical (unpaired) electrons. The lowest BCUT2D eigenvalue weighted by Gasteiger charge is -2.32. The second-order valence-electron chi connectivity index (χ2n) is 7.93. The molecule has 1 aliphatic heterocycles. The average Bonchev–Trinajstić information content (AvgIpc) is 2.83. The number of aromatic nitrogens is 2. The molecule has 0 saturated carbocycles. The number of benzene rings is 2. The van der Waals surface area contributed by atoms with E-state index in [4.69, 9.17) is 4.74 Å². The lowest BCUT2D eigenvalue weighted by atomic mass is 9.96. The van der Waals surface area contributed by atoms with Crippen LogP contribution in [0.1, 0.15) is 24.0 Å². The van der Waals surface area contributed by atoms with Gasteiger partial charge < -0.3 is 15.0 Å². The van der Waals surface area contributed by atoms with Crippen molar-refractivity contribution in [2.75, 3.05) is 25.1 Å². The molecule has 0 bridgehead atoms. The molecule has 0 spiro atoms. The van der Waals surface area contributed by atoms with Gasteiger partial charge in [-0.3, -0.25) is 4.79 Å². The summed E-state index contributed by atoms with van der Waals surface area (Å²) in [5.74, 6) is 1.86. The predicted octanol–water partition coefficient (Wildman–Crippen LogP) is 4.48. The van der Waals surface area contributed by atoms with E-state index in [-0.39, 0.29) is 11.8 Å². The molecular weight excluding hydrogens is 420 g/mol. The molecule has 3 aromatic rings. The van der Waals surface area contributed by atoms with Crippen molar-refractivity contribution in [3.63, 3.8) is 0 Å². The van der Waals surface area contributed by atoms with Crippen molar-refractivity contribution in [3.05, 3.63) is 72.1 Å². The quantitative estimate of drug-likeness (QED) is 0.575. The molecule has 2 heterocycles. The fourth-order valence-electron chi connectivity index (χ4n) is 3.83. The third-order valence-electron chi connectivity index (χ3n) is 5.64. The van der Waals surface area contributed by atoms with Crippen LogP contribution in [0.2, 0.25) is 0 Å². The van der Waals surface area contributed by atoms with E-state index in [0.717, 1.165) is 53.0 Å². The zero-order valence-corrected chi connectivity index (χ0v) is 19.3. The summed E-state index contributed by atoms with van der Waals surface area (Å²) in [6, 6.07) is 16.2. The van der Waals surface area contributed by atoms with E-state index >= 15 is 0 Å². The zero-order chi connectivity index (χ0) is 22.3. The monoisotopic (exact) mass is 448 g/mol. The van der Waals surface area contributed by atoms with Gasteiger partial charge in [0.25, 0.3) is 0 Å². The minimum absolute atomic E-state index is 0.0223. The number of nitrogens with zero attached hydrogens (tertiary/aromatic N) is 3. The second-order valence-corrected chi connectivity index (χ2v) is 8.99. The van der Waals surface area contributed by atoms with E-state index in [1.807, 2.05) is 24.3 Å². The van der Waals surface area contributed by atoms with Crippen molar-refractivity contribution in [1.82, 2.24) is 15.3 Å². The Kier molecular flexibility index (Phi) is 7.27. The number of amides is 1. The van der Waals surface area contributed by atoms with Gasteiger partial charge >= 0.3 is 0 Å². The second kappa shape index (κ2) is 10.5. The summed E-state index contributed by atoms with van der Waals surface area (Å²) < 4.78 is 5.18. The predicted molar refractivity (Wildman–Crippen MR) is 127 cm³/mol. The SMILES string of the molecule is COc1ccc(CNC(=O)C2CCN(c3nccnc3Sc3cccc(C)c3)CC2)cc1. The van der Waals surface area contributed by atoms with Crippen LogP contribution >= 0.6 is 11.8 Å². The van der Waals surface area contributed by atoms with Gasteiger partial charge in [0.15, 0.2) is 5.82 Å². The van der Waals surface area contributed by atoms with Crippen LogP contribution in [0.5, 0.6) is 5.75 Å². The fraction of sp³-hybridized carbons (Fsp3) is 0.320. The van der Waals surface area contributed by atoms with Crippen molar-refractivity contribution in [2.24, 2.45) is 5.92 Å². The van der Waals surface area contributed by atoms with Crippen molar-refractivity contribution in [1.29, 1.82) is 0 Å². The Morgan fingerprint density at radius 3 is 2.59 bits per heavy atom. The molecule has 1 saturated heterocycles. The number of ether oxygens (including phenoxy) is 1. The third kappa shape index (κ3) is 5.59. The number of rotatable bonds is 7. The van der Waals surface area contributed by atoms with Crippen molar-refractivity contribution < 1.29 is 9.53 Å². The van der Waals surface area contributed by atoms with Crippen LogP contribution in [-0.2, 0) is 11.3 Å². The molecule has 2 aromatic carbocycles. The number of carbonyl (C=O) groups excluding carboxylic acids is 1. The number of methoxy groups -OCH3 is 1. The van der Waals surface area contributed by atoms with E-state index in [1.54, 1.807) is 31.3 Å². The highest BCUT2D eigenvalue weighted by Crippen LogP contribution is 2.34. The van der Waals surface area contributed by atoms with E-state index in [9.17, 15) is 4.79 Å². The molecule has 32 heavy (non-hydrogen) atoms. The van der Waals surface area contributed by atoms with Crippen LogP contribution < -0.4 is 15.0 Å². The van der Waals surface area contributed by atoms with Crippen LogP contribution in [-0.4, -0.2) is 36.1 Å². The maximum Gasteiger partial charge on any atom is 0.223 e. The van der Waals surface area contributed by atoms with E-state index in [2.05, 4.69) is 51.4 Å². The summed E-state index contributed by atoms with van der Waals surface area (Å²) in [5, 5.41) is 3.98. The van der Waals surface area contributed by atoms with Crippen LogP contribution in [0.4, 0.5) is 5.82 Å². The van der Waals surface area contributed by atoms with Crippen molar-refractivity contribution >= 4 is 23.5 Å². The van der Waals surface area contributed by atoms with Crippen LogP contribution in [0.15, 0.2) is 70.8 Å². The molecule has 1 fully saturated rings. The maximum atomic E-state index is 12.7. The Hall–Kier alpha value is -3.06. The van der Waals surface area contributed by atoms with Gasteiger partial charge in [-0.15, -0.1) is 0 Å². The Balaban J connectivity index is 1.33. The van der Waals surface area contributed by atoms with E-state index < -0.39 is 0 Å². The highest BCUT2D eigenvalue weighted by Gasteiger charge is 2.27. The van der Waals surface area contributed by atoms with Gasteiger partial charge in [0.1, 0.15) is 10.8 Å². The highest BCUT2D eigenvalue weighted by atomic mass is 32.2. The molecule has 0 atom stereocenters. The Morgan fingerprint density at radius 1 is 1.12 bits per heavy atom. The maximum absolute atomic E-state index is 12.7. The van der Waals surface area contributed by atoms with Gasteiger partial charge in [0, 0.05) is 42.8 Å². The van der Waals surface area contributed by atoms with Crippen molar-refractivity contribution in [2.45, 2.75) is 36.2 Å². The molecule has 4 rings (SSSR count). The Morgan fingerprint density at radius 2 is 1.88 bits per heavy atom. The van der Waals surface area contributed by atoms with Gasteiger partial charge in [-0.25, -0.2) is 9.97 Å². The third-order valence-corrected chi connectivity index (χ3v) is 6.61. The number of aryl methyl sites for hydroxylation is 1. The zero-order valence-electron chi connectivity index (χ0n) is 18.5. The smallest absolute Gasteiger partial charge is 0.223 e. The molecular formula is C25H28N4O2S. The van der Waals surface area contributed by atoms with E-state index in [1.165, 1.54) is 5.56 Å². The summed E-state index contributed by atoms with van der Waals surface area (Å²) in [5.41, 5.74) is 2.29. The summed E-state index contributed by atoms with van der Waals surface area (Å²) in [4.78, 5) is 25.3. The number of piperidine rings is 1. The number of hydrogen-bond acceptors (Lipinski definition) is 6. The standard InChI is InChI=1S/C25H28N4O2S/c1-18-4-3-5-22(16-18)32-25-23(26-12-13-27-25)29-14-10-20(11-15-29)24(30)28-17-19-6-8-21(31-2)9-7-19/h3-9,12-13,16,20H,10-11,14-15,17H2,1-2H3,(H,28,30). The molecule has 1 aromatic heterocycles. The first-order valence-corrected chi connectivity index (χ1v) is 11.6. The largest absolute Gasteiger partial charge is 0.497 e. The first-order chi connectivity index (χ1) is 15.6. The molecule has 6 nitrogen and oxygen atoms in total. The molecule has 1 amide bonds. The van der Waals surface area contributed by atoms with Crippen LogP contribution in [0.3, 0.4) is 0 Å². The Bertz CT molecular complexity index is 1050. The van der Waals surface area contributed by atoms with Crippen LogP contribution in [0.25, 0.3) is 0 Å². The normalized spacial score (nSPS) is 14.2. The van der Waals surface area contributed by atoms with E-state index in [0.29, 0.717) is 6.54 Å². The lowest BCUT2D eigenvalue weighted by Crippen LogP contribution is -2.41. The number of anilines is 1.